The third kappa shape index (κ3) is 2.08. The van der Waals surface area contributed by atoms with Gasteiger partial charge in [-0.05, 0) is 31.2 Å². The highest BCUT2D eigenvalue weighted by Crippen LogP contribution is 2.34. The van der Waals surface area contributed by atoms with Crippen molar-refractivity contribution < 1.29 is 4.39 Å². The van der Waals surface area contributed by atoms with Gasteiger partial charge in [0.1, 0.15) is 12.5 Å². The van der Waals surface area contributed by atoms with Crippen LogP contribution in [0.3, 0.4) is 0 Å². The van der Waals surface area contributed by atoms with Gasteiger partial charge in [0.05, 0.1) is 22.6 Å². The molecule has 0 unspecified atom stereocenters. The molecule has 96 valence electrons. The SMILES string of the molecule is Cc1ncccc1N1CN=Cc2c(F)cc(Cl)cc21. The van der Waals surface area contributed by atoms with Crippen molar-refractivity contribution in [1.29, 1.82) is 0 Å². The number of nitrogens with zero attached hydrogens (tertiary/aromatic N) is 3. The molecular weight excluding hydrogens is 265 g/mol. The first kappa shape index (κ1) is 12.1. The van der Waals surface area contributed by atoms with Crippen LogP contribution in [-0.4, -0.2) is 17.9 Å². The van der Waals surface area contributed by atoms with E-state index in [9.17, 15) is 4.39 Å². The molecule has 1 aliphatic rings. The van der Waals surface area contributed by atoms with E-state index in [4.69, 9.17) is 11.6 Å². The maximum absolute atomic E-state index is 13.9. The second-order valence-corrected chi connectivity index (χ2v) is 4.75. The second kappa shape index (κ2) is 4.63. The van der Waals surface area contributed by atoms with Crippen LogP contribution in [0.4, 0.5) is 15.8 Å². The van der Waals surface area contributed by atoms with Gasteiger partial charge in [-0.15, -0.1) is 0 Å². The molecule has 0 N–H and O–H groups in total. The summed E-state index contributed by atoms with van der Waals surface area (Å²) in [5.41, 5.74) is 2.95. The molecule has 3 nitrogen and oxygen atoms in total. The molecule has 1 aromatic heterocycles. The topological polar surface area (TPSA) is 28.5 Å². The van der Waals surface area contributed by atoms with Gasteiger partial charge >= 0.3 is 0 Å². The number of hydrogen-bond acceptors (Lipinski definition) is 3. The number of halogens is 2. The summed E-state index contributed by atoms with van der Waals surface area (Å²) in [7, 11) is 0. The molecular formula is C14H11ClFN3. The molecule has 0 spiro atoms. The molecule has 2 heterocycles. The predicted molar refractivity (Wildman–Crippen MR) is 75.0 cm³/mol. The molecule has 0 atom stereocenters. The first-order chi connectivity index (χ1) is 9.16. The van der Waals surface area contributed by atoms with Crippen LogP contribution in [0.2, 0.25) is 5.02 Å². The number of anilines is 2. The molecule has 3 rings (SSSR count). The van der Waals surface area contributed by atoms with Crippen molar-refractivity contribution in [2.75, 3.05) is 11.6 Å². The van der Waals surface area contributed by atoms with Gasteiger partial charge in [0.2, 0.25) is 0 Å². The smallest absolute Gasteiger partial charge is 0.135 e. The summed E-state index contributed by atoms with van der Waals surface area (Å²) in [5.74, 6) is -0.363. The monoisotopic (exact) mass is 275 g/mol. The molecule has 0 bridgehead atoms. The van der Waals surface area contributed by atoms with E-state index in [2.05, 4.69) is 9.98 Å². The van der Waals surface area contributed by atoms with Crippen molar-refractivity contribution >= 4 is 29.2 Å². The number of benzene rings is 1. The molecule has 1 aromatic carbocycles. The highest BCUT2D eigenvalue weighted by Gasteiger charge is 2.20. The van der Waals surface area contributed by atoms with Gasteiger partial charge in [-0.3, -0.25) is 9.98 Å². The van der Waals surface area contributed by atoms with E-state index in [0.717, 1.165) is 17.1 Å². The average molecular weight is 276 g/mol. The van der Waals surface area contributed by atoms with Crippen LogP contribution in [0.5, 0.6) is 0 Å². The minimum Gasteiger partial charge on any atom is -0.319 e. The van der Waals surface area contributed by atoms with Crippen LogP contribution in [0, 0.1) is 12.7 Å². The molecule has 1 aliphatic heterocycles. The number of rotatable bonds is 1. The average Bonchev–Trinajstić information content (AvgIpc) is 2.39. The van der Waals surface area contributed by atoms with Gasteiger partial charge in [0.15, 0.2) is 0 Å². The van der Waals surface area contributed by atoms with Crippen molar-refractivity contribution in [1.82, 2.24) is 4.98 Å². The number of aromatic nitrogens is 1. The van der Waals surface area contributed by atoms with E-state index < -0.39 is 0 Å². The molecule has 5 heteroatoms. The molecule has 0 saturated heterocycles. The fourth-order valence-corrected chi connectivity index (χ4v) is 2.38. The van der Waals surface area contributed by atoms with E-state index in [-0.39, 0.29) is 5.82 Å². The number of pyridine rings is 1. The van der Waals surface area contributed by atoms with Crippen LogP contribution in [0.25, 0.3) is 0 Å². The zero-order valence-corrected chi connectivity index (χ0v) is 11.0. The summed E-state index contributed by atoms with van der Waals surface area (Å²) >= 11 is 5.95. The third-order valence-electron chi connectivity index (χ3n) is 3.08. The van der Waals surface area contributed by atoms with Crippen LogP contribution >= 0.6 is 11.6 Å². The summed E-state index contributed by atoms with van der Waals surface area (Å²) < 4.78 is 13.9. The number of fused-ring (bicyclic) bond motifs is 1. The Hall–Kier alpha value is -1.94. The molecule has 0 saturated carbocycles. The van der Waals surface area contributed by atoms with Gasteiger partial charge in [0.25, 0.3) is 0 Å². The summed E-state index contributed by atoms with van der Waals surface area (Å²) in [4.78, 5) is 10.4. The Balaban J connectivity index is 2.18. The summed E-state index contributed by atoms with van der Waals surface area (Å²) in [5, 5.41) is 0.373. The van der Waals surface area contributed by atoms with E-state index in [1.165, 1.54) is 6.07 Å². The lowest BCUT2D eigenvalue weighted by Gasteiger charge is -2.28. The Morgan fingerprint density at radius 3 is 2.95 bits per heavy atom. The standard InChI is InChI=1S/C14H11ClFN3/c1-9-13(3-2-4-18-9)19-8-17-7-11-12(16)5-10(15)6-14(11)19/h2-7H,8H2,1H3. The lowest BCUT2D eigenvalue weighted by Crippen LogP contribution is -2.23. The van der Waals surface area contributed by atoms with Crippen molar-refractivity contribution in [3.8, 4) is 0 Å². The summed E-state index contributed by atoms with van der Waals surface area (Å²) in [6.07, 6.45) is 3.27. The fourth-order valence-electron chi connectivity index (χ4n) is 2.18. The lowest BCUT2D eigenvalue weighted by molar-refractivity contribution is 0.624. The van der Waals surface area contributed by atoms with Gasteiger partial charge < -0.3 is 4.90 Å². The minimum absolute atomic E-state index is 0.363. The van der Waals surface area contributed by atoms with E-state index in [1.54, 1.807) is 18.5 Å². The van der Waals surface area contributed by atoms with Crippen molar-refractivity contribution in [2.45, 2.75) is 6.92 Å². The van der Waals surface area contributed by atoms with Gasteiger partial charge in [0, 0.05) is 17.4 Å². The Labute approximate surface area is 115 Å². The molecule has 0 aliphatic carbocycles. The van der Waals surface area contributed by atoms with Crippen LogP contribution in [0.1, 0.15) is 11.3 Å². The van der Waals surface area contributed by atoms with Gasteiger partial charge in [-0.25, -0.2) is 4.39 Å². The van der Waals surface area contributed by atoms with Crippen LogP contribution in [0.15, 0.2) is 35.5 Å². The molecule has 0 fully saturated rings. The minimum atomic E-state index is -0.363. The Kier molecular flexibility index (Phi) is 2.95. The van der Waals surface area contributed by atoms with E-state index in [1.807, 2.05) is 24.0 Å². The maximum atomic E-state index is 13.9. The van der Waals surface area contributed by atoms with Crippen LogP contribution < -0.4 is 4.90 Å². The van der Waals surface area contributed by atoms with E-state index >= 15 is 0 Å². The van der Waals surface area contributed by atoms with Crippen molar-refractivity contribution in [2.24, 2.45) is 4.99 Å². The number of aliphatic imine (C=N–C) groups is 1. The Bertz CT molecular complexity index is 670. The normalized spacial score (nSPS) is 13.5. The second-order valence-electron chi connectivity index (χ2n) is 4.31. The number of aryl methyl sites for hydroxylation is 1. The highest BCUT2D eigenvalue weighted by atomic mass is 35.5. The summed E-state index contributed by atoms with van der Waals surface area (Å²) in [6.45, 7) is 2.34. The van der Waals surface area contributed by atoms with Gasteiger partial charge in [-0.2, -0.15) is 0 Å². The Morgan fingerprint density at radius 2 is 2.16 bits per heavy atom. The van der Waals surface area contributed by atoms with Crippen LogP contribution in [-0.2, 0) is 0 Å². The molecule has 2 aromatic rings. The predicted octanol–water partition coefficient (Wildman–Crippen LogP) is 3.71. The molecule has 0 radical (unpaired) electrons. The Morgan fingerprint density at radius 1 is 1.32 bits per heavy atom. The van der Waals surface area contributed by atoms with Crippen molar-refractivity contribution in [3.63, 3.8) is 0 Å². The van der Waals surface area contributed by atoms with Gasteiger partial charge in [-0.1, -0.05) is 11.6 Å². The zero-order chi connectivity index (χ0) is 13.4. The summed E-state index contributed by atoms with van der Waals surface area (Å²) in [6, 6.07) is 6.83. The van der Waals surface area contributed by atoms with Crippen molar-refractivity contribution in [3.05, 3.63) is 52.6 Å². The highest BCUT2D eigenvalue weighted by molar-refractivity contribution is 6.31. The van der Waals surface area contributed by atoms with E-state index in [0.29, 0.717) is 17.3 Å². The number of hydrogen-bond donors (Lipinski definition) is 0. The zero-order valence-electron chi connectivity index (χ0n) is 10.3. The quantitative estimate of drug-likeness (QED) is 0.794. The first-order valence-corrected chi connectivity index (χ1v) is 6.22. The third-order valence-corrected chi connectivity index (χ3v) is 3.29. The lowest BCUT2D eigenvalue weighted by atomic mass is 10.1. The fraction of sp³-hybridized carbons (Fsp3) is 0.143. The molecule has 0 amide bonds. The molecule has 19 heavy (non-hydrogen) atoms. The largest absolute Gasteiger partial charge is 0.319 e. The maximum Gasteiger partial charge on any atom is 0.135 e. The first-order valence-electron chi connectivity index (χ1n) is 5.85.